The van der Waals surface area contributed by atoms with Gasteiger partial charge in [0.05, 0.1) is 0 Å². The Hall–Kier alpha value is -2.20. The van der Waals surface area contributed by atoms with E-state index in [-0.39, 0.29) is 18.9 Å². The molecule has 2 N–H and O–H groups in total. The van der Waals surface area contributed by atoms with Crippen molar-refractivity contribution in [2.75, 3.05) is 0 Å². The fourth-order valence-corrected chi connectivity index (χ4v) is 1.79. The maximum absolute atomic E-state index is 11.5. The molecule has 2 aromatic carbocycles. The summed E-state index contributed by atoms with van der Waals surface area (Å²) in [4.78, 5) is 11.5. The highest BCUT2D eigenvalue weighted by Crippen LogP contribution is 2.21. The number of ether oxygens (including phenoxy) is 1. The summed E-state index contributed by atoms with van der Waals surface area (Å²) in [5, 5.41) is 12.6. The molecule has 2 rings (SSSR count). The Kier molecular flexibility index (Phi) is 4.85. The van der Waals surface area contributed by atoms with Crippen molar-refractivity contribution in [1.82, 2.24) is 5.32 Å². The third-order valence-corrected chi connectivity index (χ3v) is 2.92. The van der Waals surface area contributed by atoms with Crippen LogP contribution in [0.1, 0.15) is 11.1 Å². The molecule has 104 valence electrons. The Morgan fingerprint density at radius 2 is 1.95 bits per heavy atom. The third-order valence-electron chi connectivity index (χ3n) is 2.68. The summed E-state index contributed by atoms with van der Waals surface area (Å²) in [5.74, 6) is 0.0425. The minimum absolute atomic E-state index is 0.0425. The average molecular weight is 292 g/mol. The normalized spacial score (nSPS) is 10.1. The molecule has 2 aromatic rings. The number of carbonyl (C=O) groups excluding carboxylic acids is 1. The summed E-state index contributed by atoms with van der Waals surface area (Å²) in [7, 11) is 0. The fraction of sp³-hybridized carbons (Fsp3) is 0.133. The average Bonchev–Trinajstić information content (AvgIpc) is 2.45. The minimum Gasteiger partial charge on any atom is -0.508 e. The van der Waals surface area contributed by atoms with Crippen molar-refractivity contribution in [3.8, 4) is 5.75 Å². The number of benzene rings is 2. The van der Waals surface area contributed by atoms with Crippen molar-refractivity contribution in [1.29, 1.82) is 0 Å². The summed E-state index contributed by atoms with van der Waals surface area (Å²) in [6.45, 7) is 0.385. The van der Waals surface area contributed by atoms with Crippen molar-refractivity contribution in [3.05, 3.63) is 64.7 Å². The van der Waals surface area contributed by atoms with E-state index in [0.717, 1.165) is 5.56 Å². The topological polar surface area (TPSA) is 58.6 Å². The van der Waals surface area contributed by atoms with Crippen LogP contribution in [-0.4, -0.2) is 11.2 Å². The van der Waals surface area contributed by atoms with Gasteiger partial charge in [-0.2, -0.15) is 0 Å². The molecule has 0 spiro atoms. The van der Waals surface area contributed by atoms with Crippen LogP contribution in [0.2, 0.25) is 5.02 Å². The van der Waals surface area contributed by atoms with Crippen molar-refractivity contribution in [2.45, 2.75) is 13.2 Å². The molecule has 0 atom stereocenters. The number of alkyl carbamates (subject to hydrolysis) is 1. The van der Waals surface area contributed by atoms with Crippen molar-refractivity contribution >= 4 is 17.7 Å². The van der Waals surface area contributed by atoms with E-state index in [9.17, 15) is 9.90 Å². The van der Waals surface area contributed by atoms with Gasteiger partial charge in [-0.3, -0.25) is 0 Å². The molecule has 0 aliphatic rings. The van der Waals surface area contributed by atoms with E-state index in [1.54, 1.807) is 12.1 Å². The van der Waals surface area contributed by atoms with Crippen LogP contribution < -0.4 is 5.32 Å². The molecule has 0 aliphatic carbocycles. The second-order valence-electron chi connectivity index (χ2n) is 4.19. The lowest BCUT2D eigenvalue weighted by molar-refractivity contribution is 0.139. The number of aromatic hydroxyl groups is 1. The van der Waals surface area contributed by atoms with Gasteiger partial charge in [0.25, 0.3) is 0 Å². The van der Waals surface area contributed by atoms with E-state index in [1.165, 1.54) is 6.07 Å². The molecular weight excluding hydrogens is 278 g/mol. The number of nitrogens with one attached hydrogen (secondary N) is 1. The first-order chi connectivity index (χ1) is 9.65. The van der Waals surface area contributed by atoms with Gasteiger partial charge in [0, 0.05) is 17.1 Å². The molecule has 4 nitrogen and oxygen atoms in total. The van der Waals surface area contributed by atoms with E-state index in [2.05, 4.69) is 5.32 Å². The summed E-state index contributed by atoms with van der Waals surface area (Å²) in [6.07, 6.45) is -0.539. The molecular formula is C15H14ClNO3. The highest BCUT2D eigenvalue weighted by Gasteiger charge is 2.06. The molecule has 0 radical (unpaired) electrons. The number of hydrogen-bond acceptors (Lipinski definition) is 3. The zero-order chi connectivity index (χ0) is 14.4. The zero-order valence-electron chi connectivity index (χ0n) is 10.7. The van der Waals surface area contributed by atoms with Crippen LogP contribution in [-0.2, 0) is 17.9 Å². The number of halogens is 1. The van der Waals surface area contributed by atoms with E-state index in [1.807, 2.05) is 30.3 Å². The zero-order valence-corrected chi connectivity index (χ0v) is 11.4. The van der Waals surface area contributed by atoms with Crippen LogP contribution in [0.25, 0.3) is 0 Å². The van der Waals surface area contributed by atoms with Crippen LogP contribution in [0.4, 0.5) is 4.79 Å². The lowest BCUT2D eigenvalue weighted by atomic mass is 10.2. The van der Waals surface area contributed by atoms with Crippen LogP contribution in [0.3, 0.4) is 0 Å². The second kappa shape index (κ2) is 6.82. The molecule has 0 unspecified atom stereocenters. The van der Waals surface area contributed by atoms with Gasteiger partial charge in [0.1, 0.15) is 12.4 Å². The Bertz CT molecular complexity index is 587. The van der Waals surface area contributed by atoms with Crippen LogP contribution in [0, 0.1) is 0 Å². The third kappa shape index (κ3) is 4.17. The van der Waals surface area contributed by atoms with E-state index in [4.69, 9.17) is 16.3 Å². The Morgan fingerprint density at radius 3 is 2.65 bits per heavy atom. The number of carbonyl (C=O) groups is 1. The van der Waals surface area contributed by atoms with Crippen LogP contribution in [0.15, 0.2) is 48.5 Å². The lowest BCUT2D eigenvalue weighted by Gasteiger charge is -2.08. The summed E-state index contributed by atoms with van der Waals surface area (Å²) >= 11 is 5.73. The van der Waals surface area contributed by atoms with Crippen LogP contribution >= 0.6 is 11.6 Å². The van der Waals surface area contributed by atoms with Gasteiger partial charge in [-0.05, 0) is 17.7 Å². The first-order valence-corrected chi connectivity index (χ1v) is 6.45. The molecule has 0 saturated carbocycles. The SMILES string of the molecule is O=C(NCc1ccc(Cl)cc1O)OCc1ccccc1. The molecule has 0 fully saturated rings. The minimum atomic E-state index is -0.539. The Balaban J connectivity index is 1.80. The van der Waals surface area contributed by atoms with Crippen LogP contribution in [0.5, 0.6) is 5.75 Å². The van der Waals surface area contributed by atoms with Gasteiger partial charge in [-0.15, -0.1) is 0 Å². The maximum atomic E-state index is 11.5. The number of phenols is 1. The number of phenolic OH excluding ortho intramolecular Hbond substituents is 1. The van der Waals surface area contributed by atoms with E-state index < -0.39 is 6.09 Å². The summed E-state index contributed by atoms with van der Waals surface area (Å²) in [5.41, 5.74) is 1.49. The highest BCUT2D eigenvalue weighted by molar-refractivity contribution is 6.30. The molecule has 0 aliphatic heterocycles. The first-order valence-electron chi connectivity index (χ1n) is 6.07. The second-order valence-corrected chi connectivity index (χ2v) is 4.62. The predicted molar refractivity (Wildman–Crippen MR) is 76.6 cm³/mol. The molecule has 0 bridgehead atoms. The van der Waals surface area contributed by atoms with Crippen molar-refractivity contribution < 1.29 is 14.6 Å². The molecule has 1 amide bonds. The van der Waals surface area contributed by atoms with E-state index in [0.29, 0.717) is 10.6 Å². The maximum Gasteiger partial charge on any atom is 0.407 e. The standard InChI is InChI=1S/C15H14ClNO3/c16-13-7-6-12(14(18)8-13)9-17-15(19)20-10-11-4-2-1-3-5-11/h1-8,18H,9-10H2,(H,17,19). The monoisotopic (exact) mass is 291 g/mol. The largest absolute Gasteiger partial charge is 0.508 e. The summed E-state index contributed by atoms with van der Waals surface area (Å²) < 4.78 is 5.06. The lowest BCUT2D eigenvalue weighted by Crippen LogP contribution is -2.23. The van der Waals surface area contributed by atoms with E-state index >= 15 is 0 Å². The molecule has 20 heavy (non-hydrogen) atoms. The number of hydrogen-bond donors (Lipinski definition) is 2. The number of rotatable bonds is 4. The van der Waals surface area contributed by atoms with Gasteiger partial charge in [-0.25, -0.2) is 4.79 Å². The molecule has 0 aromatic heterocycles. The predicted octanol–water partition coefficient (Wildman–Crippen LogP) is 3.47. The quantitative estimate of drug-likeness (QED) is 0.907. The van der Waals surface area contributed by atoms with Gasteiger partial charge in [-0.1, -0.05) is 48.0 Å². The number of amides is 1. The molecule has 0 heterocycles. The van der Waals surface area contributed by atoms with Gasteiger partial charge < -0.3 is 15.2 Å². The van der Waals surface area contributed by atoms with Gasteiger partial charge in [0.15, 0.2) is 0 Å². The fourth-order valence-electron chi connectivity index (χ4n) is 1.63. The summed E-state index contributed by atoms with van der Waals surface area (Å²) in [6, 6.07) is 14.1. The Morgan fingerprint density at radius 1 is 1.20 bits per heavy atom. The van der Waals surface area contributed by atoms with Crippen molar-refractivity contribution in [3.63, 3.8) is 0 Å². The first kappa shape index (κ1) is 14.2. The van der Waals surface area contributed by atoms with Gasteiger partial charge in [0.2, 0.25) is 0 Å². The smallest absolute Gasteiger partial charge is 0.407 e. The molecule has 5 heteroatoms. The highest BCUT2D eigenvalue weighted by atomic mass is 35.5. The van der Waals surface area contributed by atoms with Crippen molar-refractivity contribution in [2.24, 2.45) is 0 Å². The van der Waals surface area contributed by atoms with Gasteiger partial charge >= 0.3 is 6.09 Å². The Labute approximate surface area is 122 Å². The molecule has 0 saturated heterocycles.